The monoisotopic (exact) mass is 389 g/mol. The van der Waals surface area contributed by atoms with Gasteiger partial charge >= 0.3 is 0 Å². The van der Waals surface area contributed by atoms with E-state index >= 15 is 0 Å². The van der Waals surface area contributed by atoms with Crippen LogP contribution in [0.2, 0.25) is 0 Å². The average molecular weight is 389 g/mol. The Morgan fingerprint density at radius 2 is 1.96 bits per heavy atom. The van der Waals surface area contributed by atoms with Crippen LogP contribution < -0.4 is 14.8 Å². The number of thiazole rings is 1. The first kappa shape index (κ1) is 18.2. The van der Waals surface area contributed by atoms with Crippen molar-refractivity contribution in [3.05, 3.63) is 65.7 Å². The number of carbonyl (C=O) groups excluding carboxylic acids is 1. The molecule has 2 aromatic carbocycles. The average Bonchev–Trinajstić information content (AvgIpc) is 3.14. The van der Waals surface area contributed by atoms with Gasteiger partial charge in [0.2, 0.25) is 0 Å². The first-order chi connectivity index (χ1) is 12.5. The van der Waals surface area contributed by atoms with E-state index in [1.54, 1.807) is 29.6 Å². The quantitative estimate of drug-likeness (QED) is 0.662. The molecule has 0 saturated carbocycles. The maximum Gasteiger partial charge on any atom is 0.255 e. The third kappa shape index (κ3) is 4.33. The van der Waals surface area contributed by atoms with Gasteiger partial charge in [0.15, 0.2) is 5.13 Å². The molecule has 0 atom stereocenters. The van der Waals surface area contributed by atoms with Gasteiger partial charge in [-0.3, -0.25) is 4.79 Å². The Morgan fingerprint density at radius 3 is 2.62 bits per heavy atom. The molecule has 0 radical (unpaired) electrons. The number of rotatable bonds is 6. The lowest BCUT2D eigenvalue weighted by molar-refractivity contribution is 0.102. The summed E-state index contributed by atoms with van der Waals surface area (Å²) < 4.78 is 32.0. The van der Waals surface area contributed by atoms with Crippen LogP contribution in [-0.2, 0) is 0 Å². The molecule has 0 aliphatic heterocycles. The van der Waals surface area contributed by atoms with Gasteiger partial charge in [-0.05, 0) is 42.5 Å². The van der Waals surface area contributed by atoms with Crippen LogP contribution in [0.25, 0.3) is 0 Å². The van der Waals surface area contributed by atoms with Crippen LogP contribution in [0.15, 0.2) is 65.0 Å². The van der Waals surface area contributed by atoms with Crippen molar-refractivity contribution in [1.82, 2.24) is 4.98 Å². The van der Waals surface area contributed by atoms with Crippen molar-refractivity contribution in [2.75, 3.05) is 17.1 Å². The van der Waals surface area contributed by atoms with Crippen LogP contribution in [0, 0.1) is 0 Å². The number of benzene rings is 2. The number of sulfonamides is 1. The molecule has 0 unspecified atom stereocenters. The van der Waals surface area contributed by atoms with E-state index in [9.17, 15) is 13.9 Å². The normalized spacial score (nSPS) is 11.7. The first-order valence-corrected chi connectivity index (χ1v) is 9.82. The highest BCUT2D eigenvalue weighted by Gasteiger charge is 2.08. The molecule has 1 amide bonds. The fraction of sp³-hybridized carbons (Fsp3) is 0.0588. The third-order valence-corrected chi connectivity index (χ3v) is 5.58. The number of nitrogens with zero attached hydrogens (tertiary/aromatic N) is 1. The fourth-order valence-electron chi connectivity index (χ4n) is 2.13. The molecule has 0 spiro atoms. The number of hydrogen-bond acceptors (Lipinski definition) is 7. The highest BCUT2D eigenvalue weighted by atomic mass is 32.3. The van der Waals surface area contributed by atoms with Gasteiger partial charge in [-0.15, -0.1) is 11.3 Å². The van der Waals surface area contributed by atoms with E-state index in [0.717, 1.165) is 0 Å². The lowest BCUT2D eigenvalue weighted by atomic mass is 10.2. The number of anilines is 2. The number of aromatic nitrogens is 1. The van der Waals surface area contributed by atoms with Crippen molar-refractivity contribution in [1.29, 1.82) is 0 Å². The van der Waals surface area contributed by atoms with Gasteiger partial charge in [-0.1, -0.05) is 6.07 Å². The van der Waals surface area contributed by atoms with E-state index in [2.05, 4.69) is 15.0 Å². The number of hydrogen-bond donors (Lipinski definition) is 2. The molecule has 0 aliphatic carbocycles. The minimum absolute atomic E-state index is 0.0760. The second kappa shape index (κ2) is 7.75. The molecular weight excluding hydrogens is 374 g/mol. The van der Waals surface area contributed by atoms with Crippen molar-refractivity contribution in [2.45, 2.75) is 4.90 Å². The standard InChI is InChI=1S/C17H17N3O4S2/c1-24-14-4-2-3-12(11-14)16(21)19-13-5-7-15(8-6-13)26(22,23)20-17-18-9-10-25-17/h2-11,22-23H,1H3,(H,18,20)(H,19,21)/p-2. The van der Waals surface area contributed by atoms with E-state index in [-0.39, 0.29) is 10.8 Å². The molecule has 0 saturated heterocycles. The Hall–Kier alpha value is -2.59. The van der Waals surface area contributed by atoms with E-state index in [1.807, 2.05) is 0 Å². The van der Waals surface area contributed by atoms with E-state index in [0.29, 0.717) is 22.1 Å². The van der Waals surface area contributed by atoms with Crippen LogP contribution in [0.5, 0.6) is 5.75 Å². The predicted molar refractivity (Wildman–Crippen MR) is 101 cm³/mol. The Balaban J connectivity index is 1.70. The zero-order valence-corrected chi connectivity index (χ0v) is 15.3. The van der Waals surface area contributed by atoms with E-state index in [4.69, 9.17) is 4.74 Å². The summed E-state index contributed by atoms with van der Waals surface area (Å²) in [5, 5.41) is 4.68. The lowest BCUT2D eigenvalue weighted by Gasteiger charge is -2.59. The second-order valence-corrected chi connectivity index (χ2v) is 7.73. The van der Waals surface area contributed by atoms with Crippen molar-refractivity contribution in [2.24, 2.45) is 0 Å². The number of nitrogens with one attached hydrogen (secondary N) is 2. The van der Waals surface area contributed by atoms with Crippen LogP contribution >= 0.6 is 22.1 Å². The maximum absolute atomic E-state index is 12.3. The van der Waals surface area contributed by atoms with Gasteiger partial charge in [-0.2, -0.15) is 0 Å². The fourth-order valence-corrected chi connectivity index (χ4v) is 3.92. The molecule has 1 aromatic heterocycles. The smallest absolute Gasteiger partial charge is 0.255 e. The topological polar surface area (TPSA) is 109 Å². The van der Waals surface area contributed by atoms with Crippen molar-refractivity contribution < 1.29 is 18.6 Å². The highest BCUT2D eigenvalue weighted by molar-refractivity contribution is 8.25. The van der Waals surface area contributed by atoms with Crippen LogP contribution in [0.4, 0.5) is 10.8 Å². The molecule has 1 heterocycles. The van der Waals surface area contributed by atoms with Gasteiger partial charge in [0, 0.05) is 27.7 Å². The number of amides is 1. The maximum atomic E-state index is 12.3. The summed E-state index contributed by atoms with van der Waals surface area (Å²) in [4.78, 5) is 16.2. The summed E-state index contributed by atoms with van der Waals surface area (Å²) in [6, 6.07) is 12.6. The summed E-state index contributed by atoms with van der Waals surface area (Å²) in [7, 11) is -2.20. The van der Waals surface area contributed by atoms with Gasteiger partial charge in [0.1, 0.15) is 5.75 Å². The molecule has 0 aliphatic rings. The SMILES string of the molecule is COc1cccc(C(=O)Nc2ccc(S([O-])([O-])Nc3nccs3)cc2)c1. The minimum Gasteiger partial charge on any atom is -0.779 e. The second-order valence-electron chi connectivity index (χ2n) is 5.15. The predicted octanol–water partition coefficient (Wildman–Crippen LogP) is 3.86. The number of carbonyl (C=O) groups is 1. The van der Waals surface area contributed by atoms with Gasteiger partial charge < -0.3 is 34.7 Å². The summed E-state index contributed by atoms with van der Waals surface area (Å²) in [6.45, 7) is 0. The van der Waals surface area contributed by atoms with Gasteiger partial charge in [0.25, 0.3) is 5.91 Å². The molecule has 3 rings (SSSR count). The number of methoxy groups -OCH3 is 1. The van der Waals surface area contributed by atoms with Crippen molar-refractivity contribution >= 4 is 38.8 Å². The Labute approximate surface area is 156 Å². The van der Waals surface area contributed by atoms with Crippen LogP contribution in [0.1, 0.15) is 10.4 Å². The molecular formula is C17H15N3O4S2-2. The first-order valence-electron chi connectivity index (χ1n) is 7.46. The minimum atomic E-state index is -3.72. The molecule has 136 valence electrons. The zero-order chi connectivity index (χ0) is 18.6. The molecule has 0 fully saturated rings. The summed E-state index contributed by atoms with van der Waals surface area (Å²) in [5.41, 5.74) is 0.914. The third-order valence-electron chi connectivity index (χ3n) is 3.41. The molecule has 26 heavy (non-hydrogen) atoms. The summed E-state index contributed by atoms with van der Waals surface area (Å²) in [6.07, 6.45) is 1.51. The molecule has 7 nitrogen and oxygen atoms in total. The summed E-state index contributed by atoms with van der Waals surface area (Å²) in [5.74, 6) is 0.257. The molecule has 9 heteroatoms. The van der Waals surface area contributed by atoms with Gasteiger partial charge in [-0.25, -0.2) is 4.98 Å². The largest absolute Gasteiger partial charge is 0.779 e. The zero-order valence-electron chi connectivity index (χ0n) is 13.7. The molecule has 0 bridgehead atoms. The van der Waals surface area contributed by atoms with Crippen molar-refractivity contribution in [3.63, 3.8) is 0 Å². The number of ether oxygens (including phenoxy) is 1. The highest BCUT2D eigenvalue weighted by Crippen LogP contribution is 2.47. The van der Waals surface area contributed by atoms with Crippen molar-refractivity contribution in [3.8, 4) is 5.75 Å². The van der Waals surface area contributed by atoms with E-state index < -0.39 is 10.8 Å². The Morgan fingerprint density at radius 1 is 1.19 bits per heavy atom. The molecule has 3 aromatic rings. The van der Waals surface area contributed by atoms with Gasteiger partial charge in [0.05, 0.1) is 7.11 Å². The van der Waals surface area contributed by atoms with Crippen LogP contribution in [0.3, 0.4) is 0 Å². The molecule has 2 N–H and O–H groups in total. The summed E-state index contributed by atoms with van der Waals surface area (Å²) >= 11 is 1.19. The van der Waals surface area contributed by atoms with E-state index in [1.165, 1.54) is 48.9 Å². The lowest BCUT2D eigenvalue weighted by Crippen LogP contribution is -2.13. The Kier molecular flexibility index (Phi) is 5.43. The van der Waals surface area contributed by atoms with Crippen LogP contribution in [-0.4, -0.2) is 27.1 Å². The Bertz CT molecular complexity index is 883.